The number of amides is 2. The van der Waals surface area contributed by atoms with Gasteiger partial charge in [-0.2, -0.15) is 0 Å². The van der Waals surface area contributed by atoms with Gasteiger partial charge in [-0.3, -0.25) is 9.59 Å². The molecule has 1 N–H and O–H groups in total. The number of carbonyl (C=O) groups excluding carboxylic acids is 2. The van der Waals surface area contributed by atoms with Gasteiger partial charge in [-0.15, -0.1) is 0 Å². The number of piperazine rings is 1. The van der Waals surface area contributed by atoms with Crippen LogP contribution in [-0.4, -0.2) is 35.8 Å². The molecule has 3 rings (SSSR count). The summed E-state index contributed by atoms with van der Waals surface area (Å²) in [6, 6.07) is -0.220. The van der Waals surface area contributed by atoms with E-state index in [0.29, 0.717) is 11.8 Å². The molecule has 94 valence electrons. The highest BCUT2D eigenvalue weighted by Gasteiger charge is 2.43. The third-order valence-corrected chi connectivity index (χ3v) is 4.26. The van der Waals surface area contributed by atoms with Crippen LogP contribution in [0.3, 0.4) is 0 Å². The van der Waals surface area contributed by atoms with Gasteiger partial charge in [-0.25, -0.2) is 0 Å². The maximum Gasteiger partial charge on any atom is 0.245 e. The molecule has 0 bridgehead atoms. The van der Waals surface area contributed by atoms with Crippen LogP contribution < -0.4 is 5.32 Å². The summed E-state index contributed by atoms with van der Waals surface area (Å²) in [4.78, 5) is 25.6. The van der Waals surface area contributed by atoms with Crippen LogP contribution in [0.4, 0.5) is 0 Å². The van der Waals surface area contributed by atoms with E-state index in [1.807, 2.05) is 0 Å². The Hall–Kier alpha value is -1.06. The van der Waals surface area contributed by atoms with E-state index in [-0.39, 0.29) is 24.4 Å². The molecule has 1 heterocycles. The zero-order valence-electron chi connectivity index (χ0n) is 10.3. The lowest BCUT2D eigenvalue weighted by Crippen LogP contribution is -2.59. The van der Waals surface area contributed by atoms with E-state index in [4.69, 9.17) is 0 Å². The van der Waals surface area contributed by atoms with Crippen molar-refractivity contribution in [1.82, 2.24) is 10.2 Å². The third-order valence-electron chi connectivity index (χ3n) is 4.26. The van der Waals surface area contributed by atoms with Crippen LogP contribution in [0.15, 0.2) is 0 Å². The molecule has 2 aliphatic carbocycles. The number of hydrogen-bond donors (Lipinski definition) is 1. The number of nitrogens with zero attached hydrogens (tertiary/aromatic N) is 1. The minimum atomic E-state index is -0.220. The van der Waals surface area contributed by atoms with Gasteiger partial charge in [0, 0.05) is 6.54 Å². The van der Waals surface area contributed by atoms with E-state index in [1.54, 1.807) is 4.90 Å². The predicted molar refractivity (Wildman–Crippen MR) is 63.1 cm³/mol. The summed E-state index contributed by atoms with van der Waals surface area (Å²) in [5.74, 6) is 1.91. The SMILES string of the molecule is CC(CN1CC(=O)NC(C2CC2)C1=O)C1CC1. The fourth-order valence-electron chi connectivity index (χ4n) is 2.79. The standard InChI is InChI=1S/C13H20N2O2/c1-8(9-2-3-9)6-15-7-11(16)14-12(13(15)17)10-4-5-10/h8-10,12H,2-7H2,1H3,(H,14,16). The Morgan fingerprint density at radius 3 is 2.59 bits per heavy atom. The van der Waals surface area contributed by atoms with Gasteiger partial charge in [0.15, 0.2) is 0 Å². The first kappa shape index (κ1) is 11.1. The lowest BCUT2D eigenvalue weighted by Gasteiger charge is -2.34. The molecule has 2 unspecified atom stereocenters. The van der Waals surface area contributed by atoms with Crippen molar-refractivity contribution in [2.75, 3.05) is 13.1 Å². The Morgan fingerprint density at radius 2 is 2.00 bits per heavy atom. The Kier molecular flexibility index (Phi) is 2.60. The molecule has 1 saturated heterocycles. The molecule has 0 aromatic heterocycles. The van der Waals surface area contributed by atoms with Gasteiger partial charge in [-0.05, 0) is 43.4 Å². The summed E-state index contributed by atoms with van der Waals surface area (Å²) in [6.07, 6.45) is 4.76. The fourth-order valence-corrected chi connectivity index (χ4v) is 2.79. The van der Waals surface area contributed by atoms with Crippen molar-refractivity contribution in [2.24, 2.45) is 17.8 Å². The Labute approximate surface area is 102 Å². The second-order valence-electron chi connectivity index (χ2n) is 5.92. The molecule has 0 aromatic rings. The monoisotopic (exact) mass is 236 g/mol. The Balaban J connectivity index is 1.64. The smallest absolute Gasteiger partial charge is 0.245 e. The molecular formula is C13H20N2O2. The number of nitrogens with one attached hydrogen (secondary N) is 1. The highest BCUT2D eigenvalue weighted by Crippen LogP contribution is 2.38. The van der Waals surface area contributed by atoms with Crippen LogP contribution in [0.1, 0.15) is 32.6 Å². The Morgan fingerprint density at radius 1 is 1.29 bits per heavy atom. The maximum absolute atomic E-state index is 12.2. The van der Waals surface area contributed by atoms with Crippen molar-refractivity contribution in [2.45, 2.75) is 38.6 Å². The first-order valence-corrected chi connectivity index (χ1v) is 6.73. The quantitative estimate of drug-likeness (QED) is 0.784. The summed E-state index contributed by atoms with van der Waals surface area (Å²) in [5, 5.41) is 2.85. The Bertz CT molecular complexity index is 347. The van der Waals surface area contributed by atoms with E-state index in [9.17, 15) is 9.59 Å². The highest BCUT2D eigenvalue weighted by atomic mass is 16.2. The lowest BCUT2D eigenvalue weighted by molar-refractivity contribution is -0.145. The van der Waals surface area contributed by atoms with Crippen LogP contribution >= 0.6 is 0 Å². The molecular weight excluding hydrogens is 216 g/mol. The molecule has 17 heavy (non-hydrogen) atoms. The van der Waals surface area contributed by atoms with E-state index in [2.05, 4.69) is 12.2 Å². The largest absolute Gasteiger partial charge is 0.342 e. The average molecular weight is 236 g/mol. The van der Waals surface area contributed by atoms with Crippen LogP contribution in [0.2, 0.25) is 0 Å². The molecule has 2 atom stereocenters. The molecule has 4 heteroatoms. The fraction of sp³-hybridized carbons (Fsp3) is 0.846. The topological polar surface area (TPSA) is 49.4 Å². The van der Waals surface area contributed by atoms with Crippen molar-refractivity contribution in [3.8, 4) is 0 Å². The van der Waals surface area contributed by atoms with Gasteiger partial charge < -0.3 is 10.2 Å². The van der Waals surface area contributed by atoms with E-state index in [1.165, 1.54) is 12.8 Å². The minimum absolute atomic E-state index is 0.0181. The first-order chi connectivity index (χ1) is 8.15. The van der Waals surface area contributed by atoms with Gasteiger partial charge in [0.1, 0.15) is 6.04 Å². The molecule has 3 fully saturated rings. The lowest BCUT2D eigenvalue weighted by atomic mass is 10.0. The molecule has 2 saturated carbocycles. The molecule has 0 radical (unpaired) electrons. The van der Waals surface area contributed by atoms with E-state index in [0.717, 1.165) is 25.3 Å². The van der Waals surface area contributed by atoms with Gasteiger partial charge in [0.2, 0.25) is 11.8 Å². The summed E-state index contributed by atoms with van der Waals surface area (Å²) < 4.78 is 0. The van der Waals surface area contributed by atoms with Crippen molar-refractivity contribution < 1.29 is 9.59 Å². The van der Waals surface area contributed by atoms with E-state index < -0.39 is 0 Å². The second kappa shape index (κ2) is 4.00. The van der Waals surface area contributed by atoms with Crippen LogP contribution in [0.5, 0.6) is 0 Å². The number of hydrogen-bond acceptors (Lipinski definition) is 2. The zero-order valence-corrected chi connectivity index (χ0v) is 10.3. The predicted octanol–water partition coefficient (Wildman–Crippen LogP) is 0.769. The number of carbonyl (C=O) groups is 2. The van der Waals surface area contributed by atoms with Crippen molar-refractivity contribution >= 4 is 11.8 Å². The van der Waals surface area contributed by atoms with E-state index >= 15 is 0 Å². The first-order valence-electron chi connectivity index (χ1n) is 6.73. The van der Waals surface area contributed by atoms with Crippen molar-refractivity contribution in [1.29, 1.82) is 0 Å². The summed E-state index contributed by atoms with van der Waals surface area (Å²) >= 11 is 0. The van der Waals surface area contributed by atoms with Crippen LogP contribution in [-0.2, 0) is 9.59 Å². The highest BCUT2D eigenvalue weighted by molar-refractivity contribution is 5.95. The van der Waals surface area contributed by atoms with Gasteiger partial charge in [-0.1, -0.05) is 6.92 Å². The molecule has 1 aliphatic heterocycles. The summed E-state index contributed by atoms with van der Waals surface area (Å²) in [6.45, 7) is 3.23. The summed E-state index contributed by atoms with van der Waals surface area (Å²) in [7, 11) is 0. The molecule has 2 amide bonds. The van der Waals surface area contributed by atoms with Gasteiger partial charge in [0.25, 0.3) is 0 Å². The zero-order chi connectivity index (χ0) is 12.0. The molecule has 3 aliphatic rings. The van der Waals surface area contributed by atoms with Gasteiger partial charge >= 0.3 is 0 Å². The molecule has 0 spiro atoms. The molecule has 4 nitrogen and oxygen atoms in total. The third kappa shape index (κ3) is 2.31. The van der Waals surface area contributed by atoms with Gasteiger partial charge in [0.05, 0.1) is 6.54 Å². The average Bonchev–Trinajstić information content (AvgIpc) is 3.17. The maximum atomic E-state index is 12.2. The summed E-state index contributed by atoms with van der Waals surface area (Å²) in [5.41, 5.74) is 0. The second-order valence-corrected chi connectivity index (χ2v) is 5.92. The van der Waals surface area contributed by atoms with Crippen molar-refractivity contribution in [3.63, 3.8) is 0 Å². The van der Waals surface area contributed by atoms with Crippen molar-refractivity contribution in [3.05, 3.63) is 0 Å². The van der Waals surface area contributed by atoms with Crippen LogP contribution in [0, 0.1) is 17.8 Å². The number of rotatable bonds is 4. The molecule has 0 aromatic carbocycles. The van der Waals surface area contributed by atoms with Crippen LogP contribution in [0.25, 0.3) is 0 Å². The normalized spacial score (nSPS) is 31.4. The minimum Gasteiger partial charge on any atom is -0.342 e.